The zero-order valence-electron chi connectivity index (χ0n) is 9.55. The monoisotopic (exact) mass is 293 g/mol. The molecule has 2 N–H and O–H groups in total. The molecule has 0 aliphatic heterocycles. The van der Waals surface area contributed by atoms with E-state index in [-0.39, 0.29) is 6.42 Å². The molecule has 19 heavy (non-hydrogen) atoms. The van der Waals surface area contributed by atoms with Gasteiger partial charge in [0, 0.05) is 11.1 Å². The van der Waals surface area contributed by atoms with Gasteiger partial charge >= 0.3 is 5.97 Å². The van der Waals surface area contributed by atoms with E-state index in [1.165, 1.54) is 11.3 Å². The molecule has 0 saturated carbocycles. The summed E-state index contributed by atoms with van der Waals surface area (Å²) in [7, 11) is 0. The number of hydrogen-bond donors (Lipinski definition) is 2. The van der Waals surface area contributed by atoms with Crippen molar-refractivity contribution in [1.82, 2.24) is 4.98 Å². The smallest absolute Gasteiger partial charge is 0.309 e. The lowest BCUT2D eigenvalue weighted by atomic mass is 10.2. The number of halogens is 1. The van der Waals surface area contributed by atoms with Gasteiger partial charge in [-0.05, 0) is 18.2 Å². The van der Waals surface area contributed by atoms with Crippen molar-refractivity contribution in [2.75, 3.05) is 5.32 Å². The van der Waals surface area contributed by atoms with E-state index < -0.39 is 5.97 Å². The van der Waals surface area contributed by atoms with Crippen molar-refractivity contribution < 1.29 is 9.90 Å². The van der Waals surface area contributed by atoms with Crippen molar-refractivity contribution in [2.45, 2.75) is 6.42 Å². The number of rotatable bonds is 4. The Labute approximate surface area is 118 Å². The van der Waals surface area contributed by atoms with Crippen molar-refractivity contribution >= 4 is 39.7 Å². The van der Waals surface area contributed by atoms with Crippen molar-refractivity contribution in [3.8, 4) is 6.07 Å². The van der Waals surface area contributed by atoms with Gasteiger partial charge in [0.15, 0.2) is 5.13 Å². The number of aromatic nitrogens is 1. The third-order valence-corrected chi connectivity index (χ3v) is 3.34. The quantitative estimate of drug-likeness (QED) is 0.905. The molecular formula is C12H8ClN3O2S. The molecule has 96 valence electrons. The first-order valence-electron chi connectivity index (χ1n) is 5.21. The van der Waals surface area contributed by atoms with Crippen molar-refractivity contribution in [3.63, 3.8) is 0 Å². The van der Waals surface area contributed by atoms with Gasteiger partial charge in [-0.1, -0.05) is 11.6 Å². The van der Waals surface area contributed by atoms with Gasteiger partial charge in [-0.25, -0.2) is 4.98 Å². The average molecular weight is 294 g/mol. The fourth-order valence-electron chi connectivity index (χ4n) is 1.41. The fourth-order valence-corrected chi connectivity index (χ4v) is 2.36. The fraction of sp³-hybridized carbons (Fsp3) is 0.0833. The third-order valence-electron chi connectivity index (χ3n) is 2.22. The second kappa shape index (κ2) is 5.69. The molecule has 0 amide bonds. The molecule has 5 nitrogen and oxygen atoms in total. The number of benzene rings is 1. The lowest BCUT2D eigenvalue weighted by Gasteiger charge is -2.03. The molecule has 0 unspecified atom stereocenters. The summed E-state index contributed by atoms with van der Waals surface area (Å²) in [5.41, 5.74) is 1.60. The summed E-state index contributed by atoms with van der Waals surface area (Å²) in [5.74, 6) is -0.918. The van der Waals surface area contributed by atoms with Gasteiger partial charge in [-0.15, -0.1) is 11.3 Å². The molecule has 0 saturated heterocycles. The van der Waals surface area contributed by atoms with Crippen LogP contribution < -0.4 is 5.32 Å². The first-order chi connectivity index (χ1) is 9.08. The minimum Gasteiger partial charge on any atom is -0.481 e. The molecule has 2 aromatic rings. The number of carboxylic acids is 1. The zero-order chi connectivity index (χ0) is 13.8. The SMILES string of the molecule is N#Cc1ccc(Nc2nc(CC(=O)O)cs2)cc1Cl. The minimum absolute atomic E-state index is 0.105. The highest BCUT2D eigenvalue weighted by molar-refractivity contribution is 7.13. The van der Waals surface area contributed by atoms with E-state index in [0.29, 0.717) is 27.1 Å². The maximum Gasteiger partial charge on any atom is 0.309 e. The van der Waals surface area contributed by atoms with E-state index >= 15 is 0 Å². The first-order valence-corrected chi connectivity index (χ1v) is 6.47. The van der Waals surface area contributed by atoms with Crippen LogP contribution in [0.4, 0.5) is 10.8 Å². The Balaban J connectivity index is 2.13. The van der Waals surface area contributed by atoms with Gasteiger partial charge in [0.1, 0.15) is 6.07 Å². The molecule has 0 aliphatic carbocycles. The molecule has 0 spiro atoms. The highest BCUT2D eigenvalue weighted by atomic mass is 35.5. The normalized spacial score (nSPS) is 9.89. The summed E-state index contributed by atoms with van der Waals surface area (Å²) in [6, 6.07) is 6.92. The number of nitrogens with one attached hydrogen (secondary N) is 1. The minimum atomic E-state index is -0.918. The van der Waals surface area contributed by atoms with Gasteiger partial charge in [-0.3, -0.25) is 4.79 Å². The van der Waals surface area contributed by atoms with Gasteiger partial charge in [0.2, 0.25) is 0 Å². The zero-order valence-corrected chi connectivity index (χ0v) is 11.1. The predicted molar refractivity (Wildman–Crippen MR) is 72.9 cm³/mol. The average Bonchev–Trinajstić information content (AvgIpc) is 2.76. The first kappa shape index (κ1) is 13.3. The summed E-state index contributed by atoms with van der Waals surface area (Å²) in [4.78, 5) is 14.7. The van der Waals surface area contributed by atoms with Gasteiger partial charge in [0.05, 0.1) is 22.7 Å². The van der Waals surface area contributed by atoms with Crippen LogP contribution in [0, 0.1) is 11.3 Å². The summed E-state index contributed by atoms with van der Waals surface area (Å²) in [5, 5.41) is 23.1. The van der Waals surface area contributed by atoms with Crippen LogP contribution in [-0.2, 0) is 11.2 Å². The topological polar surface area (TPSA) is 86.0 Å². The molecular weight excluding hydrogens is 286 g/mol. The van der Waals surface area contributed by atoms with E-state index in [4.69, 9.17) is 22.0 Å². The number of aliphatic carboxylic acids is 1. The lowest BCUT2D eigenvalue weighted by Crippen LogP contribution is -2.00. The van der Waals surface area contributed by atoms with Crippen LogP contribution in [0.1, 0.15) is 11.3 Å². The second-order valence-electron chi connectivity index (χ2n) is 3.65. The molecule has 1 heterocycles. The molecule has 0 radical (unpaired) electrons. The number of carboxylic acid groups (broad SMARTS) is 1. The predicted octanol–water partition coefficient (Wildman–Crippen LogP) is 3.04. The second-order valence-corrected chi connectivity index (χ2v) is 4.91. The van der Waals surface area contributed by atoms with E-state index in [2.05, 4.69) is 10.3 Å². The summed E-state index contributed by atoms with van der Waals surface area (Å²) in [6.45, 7) is 0. The number of nitrogens with zero attached hydrogens (tertiary/aromatic N) is 2. The molecule has 0 bridgehead atoms. The van der Waals surface area contributed by atoms with E-state index in [1.54, 1.807) is 23.6 Å². The maximum absolute atomic E-state index is 10.5. The van der Waals surface area contributed by atoms with Crippen LogP contribution in [0.15, 0.2) is 23.6 Å². The molecule has 0 aliphatic rings. The van der Waals surface area contributed by atoms with Crippen LogP contribution in [0.2, 0.25) is 5.02 Å². The summed E-state index contributed by atoms with van der Waals surface area (Å²) in [6.07, 6.45) is -0.105. The van der Waals surface area contributed by atoms with Gasteiger partial charge < -0.3 is 10.4 Å². The number of anilines is 2. The van der Waals surface area contributed by atoms with E-state index in [9.17, 15) is 4.79 Å². The lowest BCUT2D eigenvalue weighted by molar-refractivity contribution is -0.136. The molecule has 2 rings (SSSR count). The highest BCUT2D eigenvalue weighted by Gasteiger charge is 2.07. The van der Waals surface area contributed by atoms with Crippen molar-refractivity contribution in [2.24, 2.45) is 0 Å². The molecule has 1 aromatic heterocycles. The Bertz CT molecular complexity index is 663. The van der Waals surface area contributed by atoms with Crippen molar-refractivity contribution in [1.29, 1.82) is 5.26 Å². The Morgan fingerprint density at radius 2 is 2.37 bits per heavy atom. The van der Waals surface area contributed by atoms with Crippen LogP contribution in [0.3, 0.4) is 0 Å². The maximum atomic E-state index is 10.5. The van der Waals surface area contributed by atoms with E-state index in [0.717, 1.165) is 0 Å². The number of carbonyl (C=O) groups is 1. The van der Waals surface area contributed by atoms with Crippen LogP contribution in [0.5, 0.6) is 0 Å². The van der Waals surface area contributed by atoms with Crippen LogP contribution in [-0.4, -0.2) is 16.1 Å². The van der Waals surface area contributed by atoms with Gasteiger partial charge in [-0.2, -0.15) is 5.26 Å². The molecule has 7 heteroatoms. The Morgan fingerprint density at radius 3 is 3.00 bits per heavy atom. The van der Waals surface area contributed by atoms with Crippen molar-refractivity contribution in [3.05, 3.63) is 39.9 Å². The summed E-state index contributed by atoms with van der Waals surface area (Å²) < 4.78 is 0. The molecule has 1 aromatic carbocycles. The number of hydrogen-bond acceptors (Lipinski definition) is 5. The Hall–Kier alpha value is -2.10. The molecule has 0 fully saturated rings. The third kappa shape index (κ3) is 3.44. The van der Waals surface area contributed by atoms with Crippen LogP contribution >= 0.6 is 22.9 Å². The standard InChI is InChI=1S/C12H8ClN3O2S/c13-10-3-8(2-1-7(10)5-14)15-12-16-9(6-19-12)4-11(17)18/h1-3,6H,4H2,(H,15,16)(H,17,18). The van der Waals surface area contributed by atoms with Gasteiger partial charge in [0.25, 0.3) is 0 Å². The number of thiazole rings is 1. The molecule has 0 atom stereocenters. The Kier molecular flexibility index (Phi) is 4.00. The van der Waals surface area contributed by atoms with E-state index in [1.807, 2.05) is 6.07 Å². The largest absolute Gasteiger partial charge is 0.481 e. The Morgan fingerprint density at radius 1 is 1.58 bits per heavy atom. The van der Waals surface area contributed by atoms with Crippen LogP contribution in [0.25, 0.3) is 0 Å². The summed E-state index contributed by atoms with van der Waals surface area (Å²) >= 11 is 7.22. The number of nitriles is 1. The highest BCUT2D eigenvalue weighted by Crippen LogP contribution is 2.25.